The van der Waals surface area contributed by atoms with Crippen molar-refractivity contribution in [3.05, 3.63) is 11.8 Å². The van der Waals surface area contributed by atoms with Crippen molar-refractivity contribution in [3.63, 3.8) is 0 Å². The highest BCUT2D eigenvalue weighted by Gasteiger charge is 2.34. The van der Waals surface area contributed by atoms with Crippen LogP contribution in [0.25, 0.3) is 0 Å². The van der Waals surface area contributed by atoms with Crippen LogP contribution in [0.4, 0.5) is 24.9 Å². The minimum absolute atomic E-state index is 0.292. The van der Waals surface area contributed by atoms with E-state index in [1.807, 2.05) is 0 Å². The van der Waals surface area contributed by atoms with Crippen LogP contribution in [0.2, 0.25) is 0 Å². The van der Waals surface area contributed by atoms with Crippen molar-refractivity contribution in [3.8, 4) is 0 Å². The summed E-state index contributed by atoms with van der Waals surface area (Å²) in [6, 6.07) is 0.604. The first-order valence-corrected chi connectivity index (χ1v) is 5.59. The van der Waals surface area contributed by atoms with Gasteiger partial charge in [-0.05, 0) is 0 Å². The predicted octanol–water partition coefficient (Wildman–Crippen LogP) is -0.686. The summed E-state index contributed by atoms with van der Waals surface area (Å²) in [5, 5.41) is 2.36. The van der Waals surface area contributed by atoms with Crippen LogP contribution in [0.15, 0.2) is 6.07 Å². The highest BCUT2D eigenvalue weighted by Crippen LogP contribution is 2.30. The lowest BCUT2D eigenvalue weighted by molar-refractivity contribution is -0.141. The Morgan fingerprint density at radius 1 is 1.24 bits per heavy atom. The van der Waals surface area contributed by atoms with Gasteiger partial charge in [-0.25, -0.2) is 4.98 Å². The van der Waals surface area contributed by atoms with Crippen molar-refractivity contribution in [1.29, 1.82) is 0 Å². The summed E-state index contributed by atoms with van der Waals surface area (Å²) in [5.41, 5.74) is 8.75. The number of hydrogen-bond acceptors (Lipinski definition) is 6. The van der Waals surface area contributed by atoms with E-state index in [4.69, 9.17) is 11.5 Å². The van der Waals surface area contributed by atoms with Gasteiger partial charge in [-0.3, -0.25) is 9.59 Å². The maximum absolute atomic E-state index is 12.8. The number of aromatic nitrogens is 2. The van der Waals surface area contributed by atoms with E-state index in [9.17, 15) is 22.8 Å². The van der Waals surface area contributed by atoms with Crippen LogP contribution < -0.4 is 21.7 Å². The minimum atomic E-state index is -4.71. The summed E-state index contributed by atoms with van der Waals surface area (Å²) >= 11 is 0. The SMILES string of the molecule is CNc1nc(N(CC(N)=O)CC(N)=O)cc(C(F)(F)F)n1. The molecule has 0 spiro atoms. The molecule has 0 fully saturated rings. The number of alkyl halides is 3. The number of rotatable bonds is 6. The van der Waals surface area contributed by atoms with E-state index in [1.54, 1.807) is 0 Å². The number of amides is 2. The lowest BCUT2D eigenvalue weighted by atomic mass is 10.3. The summed E-state index contributed by atoms with van der Waals surface area (Å²) < 4.78 is 38.3. The molecule has 0 radical (unpaired) electrons. The van der Waals surface area contributed by atoms with Gasteiger partial charge in [0.05, 0.1) is 13.1 Å². The van der Waals surface area contributed by atoms with Crippen LogP contribution in [-0.4, -0.2) is 41.9 Å². The third-order valence-electron chi connectivity index (χ3n) is 2.24. The molecule has 11 heteroatoms. The third kappa shape index (κ3) is 4.78. The molecule has 1 heterocycles. The van der Waals surface area contributed by atoms with Gasteiger partial charge in [0.1, 0.15) is 5.82 Å². The summed E-state index contributed by atoms with van der Waals surface area (Å²) in [6.45, 7) is -1.03. The maximum Gasteiger partial charge on any atom is 0.433 e. The number of primary amides is 2. The topological polar surface area (TPSA) is 127 Å². The van der Waals surface area contributed by atoms with Crippen LogP contribution in [0.3, 0.4) is 0 Å². The summed E-state index contributed by atoms with van der Waals surface area (Å²) in [5.74, 6) is -2.32. The zero-order chi connectivity index (χ0) is 16.2. The van der Waals surface area contributed by atoms with E-state index in [1.165, 1.54) is 7.05 Å². The third-order valence-corrected chi connectivity index (χ3v) is 2.24. The quantitative estimate of drug-likeness (QED) is 0.638. The van der Waals surface area contributed by atoms with E-state index in [-0.39, 0.29) is 11.8 Å². The Morgan fingerprint density at radius 3 is 2.14 bits per heavy atom. The number of nitrogens with two attached hydrogens (primary N) is 2. The fraction of sp³-hybridized carbons (Fsp3) is 0.400. The normalized spacial score (nSPS) is 11.0. The maximum atomic E-state index is 12.8. The van der Waals surface area contributed by atoms with Crippen LogP contribution in [0.5, 0.6) is 0 Å². The Balaban J connectivity index is 3.28. The first-order valence-electron chi connectivity index (χ1n) is 5.59. The molecule has 8 nitrogen and oxygen atoms in total. The van der Waals surface area contributed by atoms with Gasteiger partial charge in [-0.1, -0.05) is 0 Å². The Morgan fingerprint density at radius 2 is 1.76 bits per heavy atom. The average Bonchev–Trinajstić information content (AvgIpc) is 2.35. The lowest BCUT2D eigenvalue weighted by Crippen LogP contribution is -2.40. The Hall–Kier alpha value is -2.59. The van der Waals surface area contributed by atoms with Gasteiger partial charge in [0.15, 0.2) is 5.69 Å². The summed E-state index contributed by atoms with van der Waals surface area (Å²) in [4.78, 5) is 29.8. The van der Waals surface area contributed by atoms with Crippen molar-refractivity contribution >= 4 is 23.6 Å². The summed E-state index contributed by atoms with van der Waals surface area (Å²) in [7, 11) is 1.33. The second-order valence-corrected chi connectivity index (χ2v) is 3.97. The number of anilines is 2. The van der Waals surface area contributed by atoms with Gasteiger partial charge in [0.25, 0.3) is 0 Å². The van der Waals surface area contributed by atoms with E-state index >= 15 is 0 Å². The van der Waals surface area contributed by atoms with Crippen molar-refractivity contribution in [2.24, 2.45) is 11.5 Å². The molecule has 1 aromatic rings. The standard InChI is InChI=1S/C10H13F3N6O2/c1-16-9-17-5(10(11,12)13)2-8(18-9)19(3-6(14)20)4-7(15)21/h2H,3-4H2,1H3,(H2,14,20)(H2,15,21)(H,16,17,18). The van der Waals surface area contributed by atoms with Gasteiger partial charge in [0.2, 0.25) is 17.8 Å². The van der Waals surface area contributed by atoms with Gasteiger partial charge in [-0.15, -0.1) is 0 Å². The molecule has 116 valence electrons. The molecule has 0 aliphatic rings. The zero-order valence-electron chi connectivity index (χ0n) is 10.9. The molecule has 1 aromatic heterocycles. The second kappa shape index (κ2) is 6.24. The first-order chi connectivity index (χ1) is 9.63. The molecule has 0 aliphatic heterocycles. The molecule has 0 aromatic carbocycles. The van der Waals surface area contributed by atoms with Gasteiger partial charge in [0, 0.05) is 13.1 Å². The highest BCUT2D eigenvalue weighted by atomic mass is 19.4. The van der Waals surface area contributed by atoms with Crippen LogP contribution in [0, 0.1) is 0 Å². The van der Waals surface area contributed by atoms with Crippen LogP contribution >= 0.6 is 0 Å². The highest BCUT2D eigenvalue weighted by molar-refractivity contribution is 5.84. The van der Waals surface area contributed by atoms with Gasteiger partial charge in [-0.2, -0.15) is 18.2 Å². The van der Waals surface area contributed by atoms with Crippen molar-refractivity contribution in [2.45, 2.75) is 6.18 Å². The van der Waals surface area contributed by atoms with E-state index in [0.717, 1.165) is 4.90 Å². The molecule has 0 unspecified atom stereocenters. The number of halogens is 3. The van der Waals surface area contributed by atoms with Crippen molar-refractivity contribution in [2.75, 3.05) is 30.4 Å². The predicted molar refractivity (Wildman–Crippen MR) is 67.2 cm³/mol. The Bertz CT molecular complexity index is 532. The molecule has 0 atom stereocenters. The average molecular weight is 306 g/mol. The molecule has 0 saturated carbocycles. The Labute approximate surface area is 117 Å². The molecular formula is C10H13F3N6O2. The molecule has 5 N–H and O–H groups in total. The molecule has 1 rings (SSSR count). The van der Waals surface area contributed by atoms with E-state index in [2.05, 4.69) is 15.3 Å². The van der Waals surface area contributed by atoms with Crippen molar-refractivity contribution in [1.82, 2.24) is 9.97 Å². The van der Waals surface area contributed by atoms with Crippen LogP contribution in [-0.2, 0) is 15.8 Å². The molecule has 21 heavy (non-hydrogen) atoms. The number of carbonyl (C=O) groups excluding carboxylic acids is 2. The molecule has 0 bridgehead atoms. The fourth-order valence-electron chi connectivity index (χ4n) is 1.45. The largest absolute Gasteiger partial charge is 0.433 e. The molecule has 0 aliphatic carbocycles. The minimum Gasteiger partial charge on any atom is -0.368 e. The van der Waals surface area contributed by atoms with E-state index in [0.29, 0.717) is 6.07 Å². The number of nitrogens with one attached hydrogen (secondary N) is 1. The van der Waals surface area contributed by atoms with Gasteiger partial charge >= 0.3 is 6.18 Å². The zero-order valence-corrected chi connectivity index (χ0v) is 10.9. The Kier molecular flexibility index (Phi) is 4.89. The van der Waals surface area contributed by atoms with Crippen molar-refractivity contribution < 1.29 is 22.8 Å². The first kappa shape index (κ1) is 16.5. The monoisotopic (exact) mass is 306 g/mol. The second-order valence-electron chi connectivity index (χ2n) is 3.97. The lowest BCUT2D eigenvalue weighted by Gasteiger charge is -2.21. The van der Waals surface area contributed by atoms with E-state index < -0.39 is 36.8 Å². The summed E-state index contributed by atoms with van der Waals surface area (Å²) in [6.07, 6.45) is -4.71. The van der Waals surface area contributed by atoms with Crippen LogP contribution in [0.1, 0.15) is 5.69 Å². The number of carbonyl (C=O) groups is 2. The molecule has 0 saturated heterocycles. The van der Waals surface area contributed by atoms with Gasteiger partial charge < -0.3 is 21.7 Å². The number of nitrogens with zero attached hydrogens (tertiary/aromatic N) is 3. The molecular weight excluding hydrogens is 293 g/mol. The smallest absolute Gasteiger partial charge is 0.368 e. The molecule has 2 amide bonds. The number of hydrogen-bond donors (Lipinski definition) is 3. The fourth-order valence-corrected chi connectivity index (χ4v) is 1.45.